The number of nitrogens with two attached hydrogens (primary N) is 1. The number of hydrogen-bond donors (Lipinski definition) is 1. The number of aromatic nitrogens is 2. The number of aryl methyl sites for hydroxylation is 1. The number of anilines is 1. The van der Waals surface area contributed by atoms with Crippen LogP contribution in [-0.2, 0) is 0 Å². The standard InChI is InChI=1S/C14H22N4/c1-9(2)13-16-10(3)6-12(17-13)18-7-14(15,8-18)11-4-5-11/h6,9,11H,4-5,7-8,15H2,1-3H3. The van der Waals surface area contributed by atoms with E-state index >= 15 is 0 Å². The summed E-state index contributed by atoms with van der Waals surface area (Å²) in [6.07, 6.45) is 2.62. The lowest BCUT2D eigenvalue weighted by Gasteiger charge is -2.49. The molecule has 4 heteroatoms. The Balaban J connectivity index is 1.77. The van der Waals surface area contributed by atoms with Crippen LogP contribution in [0.1, 0.15) is 44.1 Å². The lowest BCUT2D eigenvalue weighted by atomic mass is 9.86. The van der Waals surface area contributed by atoms with Crippen molar-refractivity contribution < 1.29 is 0 Å². The van der Waals surface area contributed by atoms with Gasteiger partial charge in [0, 0.05) is 30.8 Å². The van der Waals surface area contributed by atoms with E-state index < -0.39 is 0 Å². The molecule has 0 amide bonds. The molecule has 0 spiro atoms. The fourth-order valence-electron chi connectivity index (χ4n) is 2.74. The van der Waals surface area contributed by atoms with Gasteiger partial charge in [0.25, 0.3) is 0 Å². The van der Waals surface area contributed by atoms with Gasteiger partial charge in [-0.3, -0.25) is 0 Å². The van der Waals surface area contributed by atoms with Crippen molar-refractivity contribution in [1.29, 1.82) is 0 Å². The first-order chi connectivity index (χ1) is 8.48. The van der Waals surface area contributed by atoms with Crippen molar-refractivity contribution in [2.75, 3.05) is 18.0 Å². The second kappa shape index (κ2) is 3.92. The number of rotatable bonds is 3. The lowest BCUT2D eigenvalue weighted by Crippen LogP contribution is -2.69. The van der Waals surface area contributed by atoms with E-state index in [1.54, 1.807) is 0 Å². The van der Waals surface area contributed by atoms with Crippen LogP contribution in [0.15, 0.2) is 6.07 Å². The summed E-state index contributed by atoms with van der Waals surface area (Å²) >= 11 is 0. The predicted octanol–water partition coefficient (Wildman–Crippen LogP) is 1.84. The first-order valence-electron chi connectivity index (χ1n) is 6.87. The van der Waals surface area contributed by atoms with E-state index in [0.717, 1.165) is 36.3 Å². The SMILES string of the molecule is Cc1cc(N2CC(N)(C3CC3)C2)nc(C(C)C)n1. The summed E-state index contributed by atoms with van der Waals surface area (Å²) in [5.74, 6) is 3.11. The molecule has 98 valence electrons. The molecule has 1 aliphatic carbocycles. The molecule has 1 aliphatic heterocycles. The van der Waals surface area contributed by atoms with Crippen LogP contribution in [0.25, 0.3) is 0 Å². The van der Waals surface area contributed by atoms with Crippen LogP contribution in [0.2, 0.25) is 0 Å². The molecule has 1 saturated carbocycles. The first kappa shape index (κ1) is 11.9. The summed E-state index contributed by atoms with van der Waals surface area (Å²) in [5, 5.41) is 0. The monoisotopic (exact) mass is 246 g/mol. The predicted molar refractivity (Wildman–Crippen MR) is 72.7 cm³/mol. The molecule has 3 rings (SSSR count). The van der Waals surface area contributed by atoms with Crippen LogP contribution in [0.4, 0.5) is 5.82 Å². The van der Waals surface area contributed by atoms with Crippen LogP contribution in [-0.4, -0.2) is 28.6 Å². The Kier molecular flexibility index (Phi) is 2.59. The fraction of sp³-hybridized carbons (Fsp3) is 0.714. The average Bonchev–Trinajstić information content (AvgIpc) is 3.07. The van der Waals surface area contributed by atoms with Gasteiger partial charge < -0.3 is 10.6 Å². The summed E-state index contributed by atoms with van der Waals surface area (Å²) in [4.78, 5) is 11.4. The van der Waals surface area contributed by atoms with Crippen LogP contribution < -0.4 is 10.6 Å². The average molecular weight is 246 g/mol. The fourth-order valence-corrected chi connectivity index (χ4v) is 2.74. The molecule has 2 heterocycles. The van der Waals surface area contributed by atoms with Gasteiger partial charge in [0.05, 0.1) is 5.54 Å². The zero-order chi connectivity index (χ0) is 12.9. The Morgan fingerprint density at radius 1 is 1.33 bits per heavy atom. The van der Waals surface area contributed by atoms with Gasteiger partial charge in [0.15, 0.2) is 0 Å². The van der Waals surface area contributed by atoms with E-state index in [1.165, 1.54) is 12.8 Å². The second-order valence-corrected chi connectivity index (χ2v) is 6.24. The summed E-state index contributed by atoms with van der Waals surface area (Å²) in [6.45, 7) is 8.20. The maximum absolute atomic E-state index is 6.39. The van der Waals surface area contributed by atoms with Gasteiger partial charge in [-0.25, -0.2) is 9.97 Å². The van der Waals surface area contributed by atoms with Crippen LogP contribution in [0.5, 0.6) is 0 Å². The normalized spacial score (nSPS) is 22.2. The maximum Gasteiger partial charge on any atom is 0.133 e. The first-order valence-corrected chi connectivity index (χ1v) is 6.87. The maximum atomic E-state index is 6.39. The lowest BCUT2D eigenvalue weighted by molar-refractivity contribution is 0.289. The van der Waals surface area contributed by atoms with Gasteiger partial charge in [0.1, 0.15) is 11.6 Å². The Morgan fingerprint density at radius 3 is 2.56 bits per heavy atom. The van der Waals surface area contributed by atoms with Crippen molar-refractivity contribution in [1.82, 2.24) is 9.97 Å². The molecule has 1 saturated heterocycles. The van der Waals surface area contributed by atoms with Gasteiger partial charge in [0.2, 0.25) is 0 Å². The van der Waals surface area contributed by atoms with Crippen molar-refractivity contribution in [3.63, 3.8) is 0 Å². The smallest absolute Gasteiger partial charge is 0.133 e. The molecule has 0 radical (unpaired) electrons. The van der Waals surface area contributed by atoms with E-state index in [0.29, 0.717) is 5.92 Å². The molecule has 18 heavy (non-hydrogen) atoms. The van der Waals surface area contributed by atoms with Crippen LogP contribution in [0.3, 0.4) is 0 Å². The third kappa shape index (κ3) is 1.99. The minimum atomic E-state index is 0.0524. The molecule has 0 bridgehead atoms. The van der Waals surface area contributed by atoms with Crippen molar-refractivity contribution in [2.45, 2.75) is 45.1 Å². The summed E-state index contributed by atoms with van der Waals surface area (Å²) in [7, 11) is 0. The Morgan fingerprint density at radius 2 is 2.00 bits per heavy atom. The summed E-state index contributed by atoms with van der Waals surface area (Å²) in [5.41, 5.74) is 7.49. The van der Waals surface area contributed by atoms with E-state index in [4.69, 9.17) is 5.73 Å². The topological polar surface area (TPSA) is 55.0 Å². The van der Waals surface area contributed by atoms with E-state index in [9.17, 15) is 0 Å². The highest BCUT2D eigenvalue weighted by Gasteiger charge is 2.50. The Labute approximate surface area is 109 Å². The van der Waals surface area contributed by atoms with E-state index in [1.807, 2.05) is 6.92 Å². The zero-order valence-corrected chi connectivity index (χ0v) is 11.5. The molecule has 2 fully saturated rings. The molecule has 1 aromatic heterocycles. The van der Waals surface area contributed by atoms with Gasteiger partial charge >= 0.3 is 0 Å². The van der Waals surface area contributed by atoms with Gasteiger partial charge in [-0.2, -0.15) is 0 Å². The van der Waals surface area contributed by atoms with Crippen LogP contribution in [0, 0.1) is 12.8 Å². The molecule has 0 unspecified atom stereocenters. The summed E-state index contributed by atoms with van der Waals surface area (Å²) < 4.78 is 0. The molecule has 0 atom stereocenters. The quantitative estimate of drug-likeness (QED) is 0.884. The number of nitrogens with zero attached hydrogens (tertiary/aromatic N) is 3. The van der Waals surface area contributed by atoms with Gasteiger partial charge in [-0.05, 0) is 25.7 Å². The zero-order valence-electron chi connectivity index (χ0n) is 11.5. The highest BCUT2D eigenvalue weighted by Crippen LogP contribution is 2.43. The minimum Gasteiger partial charge on any atom is -0.353 e. The third-order valence-corrected chi connectivity index (χ3v) is 4.06. The molecule has 1 aromatic rings. The molecule has 2 N–H and O–H groups in total. The van der Waals surface area contributed by atoms with Crippen LogP contribution >= 0.6 is 0 Å². The Hall–Kier alpha value is -1.16. The molecule has 2 aliphatic rings. The van der Waals surface area contributed by atoms with Crippen molar-refractivity contribution in [2.24, 2.45) is 11.7 Å². The summed E-state index contributed by atoms with van der Waals surface area (Å²) in [6, 6.07) is 2.07. The third-order valence-electron chi connectivity index (χ3n) is 4.06. The second-order valence-electron chi connectivity index (χ2n) is 6.24. The van der Waals surface area contributed by atoms with Gasteiger partial charge in [-0.1, -0.05) is 13.8 Å². The van der Waals surface area contributed by atoms with Crippen molar-refractivity contribution >= 4 is 5.82 Å². The molecule has 4 nitrogen and oxygen atoms in total. The highest BCUT2D eigenvalue weighted by molar-refractivity contribution is 5.46. The Bertz CT molecular complexity index is 459. The molecular formula is C14H22N4. The van der Waals surface area contributed by atoms with Crippen molar-refractivity contribution in [3.8, 4) is 0 Å². The molecular weight excluding hydrogens is 224 g/mol. The number of hydrogen-bond acceptors (Lipinski definition) is 4. The minimum absolute atomic E-state index is 0.0524. The van der Waals surface area contributed by atoms with E-state index in [-0.39, 0.29) is 5.54 Å². The largest absolute Gasteiger partial charge is 0.353 e. The highest BCUT2D eigenvalue weighted by atomic mass is 15.3. The van der Waals surface area contributed by atoms with E-state index in [2.05, 4.69) is 34.8 Å². The molecule has 0 aromatic carbocycles. The van der Waals surface area contributed by atoms with Crippen molar-refractivity contribution in [3.05, 3.63) is 17.6 Å². The van der Waals surface area contributed by atoms with Gasteiger partial charge in [-0.15, -0.1) is 0 Å².